The molecule has 4 nitrogen and oxygen atoms in total. The zero-order valence-electron chi connectivity index (χ0n) is 7.51. The number of ether oxygens (including phenoxy) is 1. The molecule has 0 aromatic rings. The van der Waals surface area contributed by atoms with E-state index in [1.165, 1.54) is 19.3 Å². The Hall–Kier alpha value is -0.160. The monoisotopic (exact) mass is 173 g/mol. The molecule has 12 heavy (non-hydrogen) atoms. The number of hydrazine groups is 1. The maximum Gasteiger partial charge on any atom is 0.0587 e. The molecule has 0 amide bonds. The molecule has 1 aliphatic rings. The number of hydrogen-bond donors (Lipinski definition) is 3. The van der Waals surface area contributed by atoms with Crippen LogP contribution in [0.25, 0.3) is 0 Å². The van der Waals surface area contributed by atoms with Crippen LogP contribution in [-0.4, -0.2) is 26.4 Å². The highest BCUT2D eigenvalue weighted by Gasteiger charge is 2.12. The summed E-state index contributed by atoms with van der Waals surface area (Å²) >= 11 is 0. The van der Waals surface area contributed by atoms with E-state index in [4.69, 9.17) is 10.6 Å². The van der Waals surface area contributed by atoms with Gasteiger partial charge in [0.1, 0.15) is 0 Å². The van der Waals surface area contributed by atoms with E-state index in [0.717, 1.165) is 25.7 Å². The van der Waals surface area contributed by atoms with Crippen molar-refractivity contribution in [3.05, 3.63) is 0 Å². The van der Waals surface area contributed by atoms with Crippen LogP contribution in [0.1, 0.15) is 19.3 Å². The van der Waals surface area contributed by atoms with E-state index >= 15 is 0 Å². The van der Waals surface area contributed by atoms with Crippen LogP contribution in [0, 0.1) is 5.92 Å². The Morgan fingerprint density at radius 3 is 2.75 bits per heavy atom. The van der Waals surface area contributed by atoms with Gasteiger partial charge in [-0.2, -0.15) is 0 Å². The molecule has 1 fully saturated rings. The summed E-state index contributed by atoms with van der Waals surface area (Å²) in [5.74, 6) is 5.97. The fraction of sp³-hybridized carbons (Fsp3) is 1.00. The second kappa shape index (κ2) is 6.37. The zero-order valence-corrected chi connectivity index (χ0v) is 7.51. The molecule has 0 saturated carbocycles. The molecule has 0 atom stereocenters. The average Bonchev–Trinajstić information content (AvgIpc) is 2.14. The number of nitrogens with two attached hydrogens (primary N) is 1. The van der Waals surface area contributed by atoms with Gasteiger partial charge in [-0.05, 0) is 31.7 Å². The Morgan fingerprint density at radius 1 is 1.33 bits per heavy atom. The van der Waals surface area contributed by atoms with E-state index in [1.54, 1.807) is 0 Å². The molecular formula is C8H19N3O. The Morgan fingerprint density at radius 2 is 2.08 bits per heavy atom. The summed E-state index contributed by atoms with van der Waals surface area (Å²) in [7, 11) is 0. The summed E-state index contributed by atoms with van der Waals surface area (Å²) in [5.41, 5.74) is 2.57. The van der Waals surface area contributed by atoms with Crippen LogP contribution in [0.4, 0.5) is 0 Å². The lowest BCUT2D eigenvalue weighted by atomic mass is 9.97. The van der Waals surface area contributed by atoms with E-state index in [9.17, 15) is 0 Å². The number of rotatable bonds is 5. The minimum atomic E-state index is 0.698. The standard InChI is InChI=1S/C8H19N3O/c9-11-7-10-4-1-8-2-5-12-6-3-8/h8,10-11H,1-7,9H2. The lowest BCUT2D eigenvalue weighted by molar-refractivity contribution is 0.0639. The van der Waals surface area contributed by atoms with Gasteiger partial charge >= 0.3 is 0 Å². The lowest BCUT2D eigenvalue weighted by Gasteiger charge is -2.21. The van der Waals surface area contributed by atoms with Gasteiger partial charge in [0.15, 0.2) is 0 Å². The third-order valence-electron chi connectivity index (χ3n) is 2.30. The van der Waals surface area contributed by atoms with Gasteiger partial charge in [0.2, 0.25) is 0 Å². The van der Waals surface area contributed by atoms with Crippen LogP contribution in [-0.2, 0) is 4.74 Å². The molecular weight excluding hydrogens is 154 g/mol. The SMILES string of the molecule is NNCNCCC1CCOCC1. The first kappa shape index (κ1) is 9.92. The third kappa shape index (κ3) is 4.01. The molecule has 0 radical (unpaired) electrons. The summed E-state index contributed by atoms with van der Waals surface area (Å²) in [6.45, 7) is 3.64. The molecule has 0 aromatic carbocycles. The molecule has 0 spiro atoms. The molecule has 1 heterocycles. The van der Waals surface area contributed by atoms with E-state index in [-0.39, 0.29) is 0 Å². The van der Waals surface area contributed by atoms with Crippen LogP contribution in [0.15, 0.2) is 0 Å². The zero-order chi connectivity index (χ0) is 8.65. The first-order chi connectivity index (χ1) is 5.93. The van der Waals surface area contributed by atoms with Crippen molar-refractivity contribution in [1.82, 2.24) is 10.7 Å². The molecule has 1 saturated heterocycles. The molecule has 4 heteroatoms. The molecule has 1 aliphatic heterocycles. The molecule has 1 rings (SSSR count). The fourth-order valence-electron chi connectivity index (χ4n) is 1.50. The Balaban J connectivity index is 1.91. The van der Waals surface area contributed by atoms with Crippen LogP contribution < -0.4 is 16.6 Å². The normalized spacial score (nSPS) is 19.8. The molecule has 0 bridgehead atoms. The summed E-state index contributed by atoms with van der Waals surface area (Å²) < 4.78 is 5.27. The lowest BCUT2D eigenvalue weighted by Crippen LogP contribution is -2.35. The predicted molar refractivity (Wildman–Crippen MR) is 48.4 cm³/mol. The summed E-state index contributed by atoms with van der Waals surface area (Å²) in [6, 6.07) is 0. The predicted octanol–water partition coefficient (Wildman–Crippen LogP) is -0.187. The summed E-state index contributed by atoms with van der Waals surface area (Å²) in [6.07, 6.45) is 3.68. The van der Waals surface area contributed by atoms with Gasteiger partial charge in [-0.25, -0.2) is 5.43 Å². The van der Waals surface area contributed by atoms with E-state index in [2.05, 4.69) is 10.7 Å². The summed E-state index contributed by atoms with van der Waals surface area (Å²) in [4.78, 5) is 0. The van der Waals surface area contributed by atoms with Crippen LogP contribution in [0.5, 0.6) is 0 Å². The maximum absolute atomic E-state index is 5.27. The van der Waals surface area contributed by atoms with Crippen molar-refractivity contribution in [1.29, 1.82) is 0 Å². The largest absolute Gasteiger partial charge is 0.381 e. The van der Waals surface area contributed by atoms with Crippen LogP contribution in [0.2, 0.25) is 0 Å². The molecule has 0 unspecified atom stereocenters. The van der Waals surface area contributed by atoms with Gasteiger partial charge in [-0.1, -0.05) is 0 Å². The van der Waals surface area contributed by atoms with Crippen molar-refractivity contribution in [2.75, 3.05) is 26.4 Å². The Kier molecular flexibility index (Phi) is 5.27. The topological polar surface area (TPSA) is 59.3 Å². The van der Waals surface area contributed by atoms with Gasteiger partial charge in [-0.15, -0.1) is 0 Å². The highest BCUT2D eigenvalue weighted by Crippen LogP contribution is 2.17. The highest BCUT2D eigenvalue weighted by atomic mass is 16.5. The minimum Gasteiger partial charge on any atom is -0.381 e. The van der Waals surface area contributed by atoms with Crippen molar-refractivity contribution in [3.63, 3.8) is 0 Å². The van der Waals surface area contributed by atoms with Crippen molar-refractivity contribution in [3.8, 4) is 0 Å². The van der Waals surface area contributed by atoms with Crippen molar-refractivity contribution in [2.24, 2.45) is 11.8 Å². The maximum atomic E-state index is 5.27. The van der Waals surface area contributed by atoms with Gasteiger partial charge < -0.3 is 10.1 Å². The number of hydrogen-bond acceptors (Lipinski definition) is 4. The van der Waals surface area contributed by atoms with Crippen LogP contribution in [0.3, 0.4) is 0 Å². The number of nitrogens with one attached hydrogen (secondary N) is 2. The quantitative estimate of drug-likeness (QED) is 0.233. The van der Waals surface area contributed by atoms with E-state index < -0.39 is 0 Å². The van der Waals surface area contributed by atoms with E-state index in [1.807, 2.05) is 0 Å². The van der Waals surface area contributed by atoms with E-state index in [0.29, 0.717) is 6.67 Å². The Labute approximate surface area is 73.8 Å². The van der Waals surface area contributed by atoms with Gasteiger partial charge in [0.25, 0.3) is 0 Å². The molecule has 4 N–H and O–H groups in total. The molecule has 72 valence electrons. The molecule has 0 aromatic heterocycles. The smallest absolute Gasteiger partial charge is 0.0587 e. The van der Waals surface area contributed by atoms with Crippen molar-refractivity contribution in [2.45, 2.75) is 19.3 Å². The highest BCUT2D eigenvalue weighted by molar-refractivity contribution is 4.64. The third-order valence-corrected chi connectivity index (χ3v) is 2.30. The fourth-order valence-corrected chi connectivity index (χ4v) is 1.50. The first-order valence-electron chi connectivity index (χ1n) is 4.65. The molecule has 0 aliphatic carbocycles. The first-order valence-corrected chi connectivity index (χ1v) is 4.65. The van der Waals surface area contributed by atoms with Gasteiger partial charge in [0.05, 0.1) is 6.67 Å². The average molecular weight is 173 g/mol. The minimum absolute atomic E-state index is 0.698. The van der Waals surface area contributed by atoms with Gasteiger partial charge in [-0.3, -0.25) is 5.84 Å². The van der Waals surface area contributed by atoms with Crippen LogP contribution >= 0.6 is 0 Å². The van der Waals surface area contributed by atoms with Crippen molar-refractivity contribution >= 4 is 0 Å². The second-order valence-electron chi connectivity index (χ2n) is 3.23. The van der Waals surface area contributed by atoms with Gasteiger partial charge in [0, 0.05) is 13.2 Å². The van der Waals surface area contributed by atoms with Crippen molar-refractivity contribution < 1.29 is 4.74 Å². The Bertz CT molecular complexity index is 104. The second-order valence-corrected chi connectivity index (χ2v) is 3.23. The summed E-state index contributed by atoms with van der Waals surface area (Å²) in [5, 5.41) is 3.21.